The van der Waals surface area contributed by atoms with Crippen molar-refractivity contribution in [1.29, 1.82) is 0 Å². The summed E-state index contributed by atoms with van der Waals surface area (Å²) < 4.78 is 0. The summed E-state index contributed by atoms with van der Waals surface area (Å²) in [6.45, 7) is 4.21. The average Bonchev–Trinajstić information content (AvgIpc) is 2.01. The van der Waals surface area contributed by atoms with Gasteiger partial charge in [0.2, 0.25) is 0 Å². The Kier molecular flexibility index (Phi) is 6.82. The standard InChI is InChI=1S/C7H18N4/c1-2-3-5-10-7(9)11-6-4-8/h2-6,8H2,1H3,(H3,9,10,11). The summed E-state index contributed by atoms with van der Waals surface area (Å²) in [6.07, 6.45) is 2.23. The minimum Gasteiger partial charge on any atom is -0.370 e. The Morgan fingerprint density at radius 1 is 1.55 bits per heavy atom. The van der Waals surface area contributed by atoms with Crippen LogP contribution >= 0.6 is 0 Å². The molecule has 0 bridgehead atoms. The van der Waals surface area contributed by atoms with Gasteiger partial charge in [-0.2, -0.15) is 0 Å². The maximum absolute atomic E-state index is 5.48. The summed E-state index contributed by atoms with van der Waals surface area (Å²) >= 11 is 0. The van der Waals surface area contributed by atoms with Crippen molar-refractivity contribution >= 4 is 5.96 Å². The highest BCUT2D eigenvalue weighted by molar-refractivity contribution is 5.77. The Bertz CT molecular complexity index is 111. The van der Waals surface area contributed by atoms with Crippen LogP contribution in [0.25, 0.3) is 0 Å². The van der Waals surface area contributed by atoms with Crippen LogP contribution in [0.4, 0.5) is 0 Å². The number of rotatable bonds is 5. The van der Waals surface area contributed by atoms with Crippen LogP contribution < -0.4 is 16.8 Å². The van der Waals surface area contributed by atoms with Crippen molar-refractivity contribution < 1.29 is 0 Å². The zero-order chi connectivity index (χ0) is 8.53. The third-order valence-corrected chi connectivity index (χ3v) is 1.24. The normalized spacial score (nSPS) is 11.6. The zero-order valence-corrected chi connectivity index (χ0v) is 7.14. The first kappa shape index (κ1) is 10.2. The Balaban J connectivity index is 3.30. The molecule has 0 atom stereocenters. The molecule has 0 unspecified atom stereocenters. The highest BCUT2D eigenvalue weighted by Crippen LogP contribution is 1.85. The van der Waals surface area contributed by atoms with Crippen LogP contribution in [0.5, 0.6) is 0 Å². The van der Waals surface area contributed by atoms with E-state index in [4.69, 9.17) is 11.5 Å². The van der Waals surface area contributed by atoms with Gasteiger partial charge in [0, 0.05) is 19.6 Å². The van der Waals surface area contributed by atoms with Gasteiger partial charge in [-0.15, -0.1) is 0 Å². The zero-order valence-electron chi connectivity index (χ0n) is 7.14. The van der Waals surface area contributed by atoms with Crippen molar-refractivity contribution in [3.63, 3.8) is 0 Å². The second-order valence-corrected chi connectivity index (χ2v) is 2.34. The van der Waals surface area contributed by atoms with Crippen molar-refractivity contribution in [2.75, 3.05) is 19.6 Å². The highest BCUT2D eigenvalue weighted by atomic mass is 15.1. The van der Waals surface area contributed by atoms with E-state index in [1.807, 2.05) is 0 Å². The first-order valence-electron chi connectivity index (χ1n) is 4.05. The minimum atomic E-state index is 0.504. The fourth-order valence-corrected chi connectivity index (χ4v) is 0.614. The van der Waals surface area contributed by atoms with E-state index in [0.29, 0.717) is 19.0 Å². The molecule has 0 radical (unpaired) electrons. The molecular weight excluding hydrogens is 140 g/mol. The van der Waals surface area contributed by atoms with E-state index in [1.165, 1.54) is 0 Å². The Hall–Kier alpha value is -0.770. The van der Waals surface area contributed by atoms with Crippen molar-refractivity contribution in [3.05, 3.63) is 0 Å². The number of nitrogens with two attached hydrogens (primary N) is 2. The second-order valence-electron chi connectivity index (χ2n) is 2.34. The summed E-state index contributed by atoms with van der Waals surface area (Å²) in [6, 6.07) is 0. The molecule has 0 heterocycles. The molecule has 4 heteroatoms. The summed E-state index contributed by atoms with van der Waals surface area (Å²) in [7, 11) is 0. The molecule has 0 aromatic heterocycles. The van der Waals surface area contributed by atoms with Gasteiger partial charge in [0.25, 0.3) is 0 Å². The number of aliphatic imine (C=N–C) groups is 1. The average molecular weight is 158 g/mol. The van der Waals surface area contributed by atoms with Gasteiger partial charge in [-0.3, -0.25) is 4.99 Å². The second kappa shape index (κ2) is 7.34. The molecule has 0 fully saturated rings. The Labute approximate surface area is 68.1 Å². The molecule has 66 valence electrons. The molecule has 0 saturated carbocycles. The van der Waals surface area contributed by atoms with Crippen LogP contribution in [-0.4, -0.2) is 25.6 Å². The first-order chi connectivity index (χ1) is 5.31. The number of hydrogen-bond acceptors (Lipinski definition) is 2. The van der Waals surface area contributed by atoms with Gasteiger partial charge in [-0.05, 0) is 6.42 Å². The van der Waals surface area contributed by atoms with Crippen molar-refractivity contribution in [3.8, 4) is 0 Å². The fraction of sp³-hybridized carbons (Fsp3) is 0.857. The van der Waals surface area contributed by atoms with Crippen molar-refractivity contribution in [2.45, 2.75) is 19.8 Å². The summed E-state index contributed by atoms with van der Waals surface area (Å²) in [5.41, 5.74) is 10.7. The molecule has 0 aliphatic carbocycles. The van der Waals surface area contributed by atoms with Crippen LogP contribution in [0.15, 0.2) is 4.99 Å². The molecule has 0 amide bonds. The van der Waals surface area contributed by atoms with Crippen LogP contribution in [-0.2, 0) is 0 Å². The van der Waals surface area contributed by atoms with Crippen molar-refractivity contribution in [2.24, 2.45) is 16.5 Å². The van der Waals surface area contributed by atoms with Crippen LogP contribution in [0.3, 0.4) is 0 Å². The SMILES string of the molecule is CCCCN=C(N)NCCN. The molecule has 4 nitrogen and oxygen atoms in total. The maximum Gasteiger partial charge on any atom is 0.188 e. The maximum atomic E-state index is 5.48. The largest absolute Gasteiger partial charge is 0.370 e. The molecule has 0 spiro atoms. The van der Waals surface area contributed by atoms with Gasteiger partial charge < -0.3 is 16.8 Å². The van der Waals surface area contributed by atoms with E-state index in [0.717, 1.165) is 19.4 Å². The van der Waals surface area contributed by atoms with E-state index in [2.05, 4.69) is 17.2 Å². The lowest BCUT2D eigenvalue weighted by Gasteiger charge is -2.01. The van der Waals surface area contributed by atoms with E-state index in [1.54, 1.807) is 0 Å². The number of hydrogen-bond donors (Lipinski definition) is 3. The Morgan fingerprint density at radius 2 is 2.27 bits per heavy atom. The molecule has 5 N–H and O–H groups in total. The molecular formula is C7H18N4. The molecule has 0 saturated heterocycles. The smallest absolute Gasteiger partial charge is 0.188 e. The predicted molar refractivity (Wildman–Crippen MR) is 48.5 cm³/mol. The van der Waals surface area contributed by atoms with Gasteiger partial charge >= 0.3 is 0 Å². The summed E-state index contributed by atoms with van der Waals surface area (Å²) in [5, 5.41) is 2.89. The molecule has 0 aromatic carbocycles. The topological polar surface area (TPSA) is 76.4 Å². The van der Waals surface area contributed by atoms with Gasteiger partial charge in [0.1, 0.15) is 0 Å². The molecule has 0 aliphatic heterocycles. The lowest BCUT2D eigenvalue weighted by atomic mass is 10.3. The molecule has 0 aliphatic rings. The predicted octanol–water partition coefficient (Wildman–Crippen LogP) is -0.350. The van der Waals surface area contributed by atoms with Gasteiger partial charge in [-0.1, -0.05) is 13.3 Å². The third-order valence-electron chi connectivity index (χ3n) is 1.24. The highest BCUT2D eigenvalue weighted by Gasteiger charge is 1.87. The lowest BCUT2D eigenvalue weighted by Crippen LogP contribution is -2.35. The summed E-state index contributed by atoms with van der Waals surface area (Å²) in [4.78, 5) is 4.08. The van der Waals surface area contributed by atoms with E-state index in [9.17, 15) is 0 Å². The molecule has 11 heavy (non-hydrogen) atoms. The van der Waals surface area contributed by atoms with E-state index >= 15 is 0 Å². The quantitative estimate of drug-likeness (QED) is 0.291. The number of nitrogens with zero attached hydrogens (tertiary/aromatic N) is 1. The first-order valence-corrected chi connectivity index (χ1v) is 4.05. The lowest BCUT2D eigenvalue weighted by molar-refractivity contribution is 0.792. The van der Waals surface area contributed by atoms with E-state index < -0.39 is 0 Å². The van der Waals surface area contributed by atoms with Crippen LogP contribution in [0.1, 0.15) is 19.8 Å². The monoisotopic (exact) mass is 158 g/mol. The van der Waals surface area contributed by atoms with Gasteiger partial charge in [-0.25, -0.2) is 0 Å². The fourth-order valence-electron chi connectivity index (χ4n) is 0.614. The minimum absolute atomic E-state index is 0.504. The Morgan fingerprint density at radius 3 is 2.82 bits per heavy atom. The van der Waals surface area contributed by atoms with Crippen molar-refractivity contribution in [1.82, 2.24) is 5.32 Å². The molecule has 0 aromatic rings. The van der Waals surface area contributed by atoms with Gasteiger partial charge in [0.15, 0.2) is 5.96 Å². The van der Waals surface area contributed by atoms with Crippen LogP contribution in [0, 0.1) is 0 Å². The number of guanidine groups is 1. The van der Waals surface area contributed by atoms with Gasteiger partial charge in [0.05, 0.1) is 0 Å². The number of nitrogens with one attached hydrogen (secondary N) is 1. The van der Waals surface area contributed by atoms with Crippen LogP contribution in [0.2, 0.25) is 0 Å². The third kappa shape index (κ3) is 7.12. The molecule has 0 rings (SSSR count). The van der Waals surface area contributed by atoms with E-state index in [-0.39, 0.29) is 0 Å². The summed E-state index contributed by atoms with van der Waals surface area (Å²) in [5.74, 6) is 0.504. The number of unbranched alkanes of at least 4 members (excludes halogenated alkanes) is 1.